The third kappa shape index (κ3) is 2.99. The molecule has 1 unspecified atom stereocenters. The number of nitrogens with zero attached hydrogens (tertiary/aromatic N) is 2. The molecule has 0 fully saturated rings. The summed E-state index contributed by atoms with van der Waals surface area (Å²) in [5.74, 6) is -0.397. The molecule has 2 rings (SSSR count). The largest absolute Gasteiger partial charge is 0.398 e. The first-order valence-electron chi connectivity index (χ1n) is 6.83. The summed E-state index contributed by atoms with van der Waals surface area (Å²) < 4.78 is 15.1. The van der Waals surface area contributed by atoms with E-state index in [0.29, 0.717) is 17.7 Å². The van der Waals surface area contributed by atoms with Gasteiger partial charge in [-0.1, -0.05) is 6.92 Å². The second kappa shape index (κ2) is 6.05. The highest BCUT2D eigenvalue weighted by Crippen LogP contribution is 2.25. The topological polar surface area (TPSA) is 64.1 Å². The number of benzene rings is 1. The molecule has 0 saturated carbocycles. The fraction of sp³-hybridized carbons (Fsp3) is 0.400. The van der Waals surface area contributed by atoms with Crippen molar-refractivity contribution in [2.45, 2.75) is 39.3 Å². The number of nitrogen functional groups attached to an aromatic ring is 1. The lowest BCUT2D eigenvalue weighted by molar-refractivity contribution is 0.175. The van der Waals surface area contributed by atoms with Crippen LogP contribution in [0.1, 0.15) is 36.9 Å². The van der Waals surface area contributed by atoms with E-state index < -0.39 is 11.9 Å². The molecular formula is C15H20FN3O. The lowest BCUT2D eigenvalue weighted by atomic mass is 10.0. The highest BCUT2D eigenvalue weighted by molar-refractivity contribution is 5.48. The van der Waals surface area contributed by atoms with Crippen LogP contribution in [0.2, 0.25) is 0 Å². The number of halogens is 1. The minimum Gasteiger partial charge on any atom is -0.398 e. The third-order valence-corrected chi connectivity index (χ3v) is 3.39. The summed E-state index contributed by atoms with van der Waals surface area (Å²) in [5, 5.41) is 14.7. The maximum absolute atomic E-state index is 13.3. The molecule has 0 aliphatic carbocycles. The van der Waals surface area contributed by atoms with Gasteiger partial charge in [0.1, 0.15) is 5.82 Å². The minimum atomic E-state index is -0.836. The van der Waals surface area contributed by atoms with Crippen molar-refractivity contribution in [2.75, 3.05) is 5.73 Å². The number of anilines is 1. The lowest BCUT2D eigenvalue weighted by Gasteiger charge is -2.14. The first-order valence-corrected chi connectivity index (χ1v) is 6.83. The van der Waals surface area contributed by atoms with Crippen LogP contribution < -0.4 is 5.73 Å². The van der Waals surface area contributed by atoms with E-state index in [4.69, 9.17) is 5.73 Å². The Hall–Kier alpha value is -1.88. The van der Waals surface area contributed by atoms with Crippen molar-refractivity contribution in [3.05, 3.63) is 47.0 Å². The summed E-state index contributed by atoms with van der Waals surface area (Å²) in [4.78, 5) is 0. The smallest absolute Gasteiger partial charge is 0.123 e. The Bertz CT molecular complexity index is 595. The molecule has 1 heterocycles. The van der Waals surface area contributed by atoms with Crippen molar-refractivity contribution in [3.63, 3.8) is 0 Å². The standard InChI is InChI=1S/C15H20FN3O/c1-3-11-8-12(19(4-2)18-11)9-15(20)13-7-10(16)5-6-14(13)17/h5-8,15,20H,3-4,9,17H2,1-2H3. The number of aliphatic hydroxyl groups is 1. The van der Waals surface area contributed by atoms with E-state index in [2.05, 4.69) is 5.10 Å². The number of nitrogens with two attached hydrogens (primary N) is 1. The minimum absolute atomic E-state index is 0.370. The highest BCUT2D eigenvalue weighted by atomic mass is 19.1. The van der Waals surface area contributed by atoms with Crippen LogP contribution >= 0.6 is 0 Å². The van der Waals surface area contributed by atoms with E-state index in [0.717, 1.165) is 24.4 Å². The van der Waals surface area contributed by atoms with Crippen molar-refractivity contribution < 1.29 is 9.50 Å². The molecule has 3 N–H and O–H groups in total. The molecule has 1 aromatic heterocycles. The summed E-state index contributed by atoms with van der Waals surface area (Å²) in [5.41, 5.74) is 8.54. The van der Waals surface area contributed by atoms with E-state index in [1.54, 1.807) is 0 Å². The van der Waals surface area contributed by atoms with Crippen molar-refractivity contribution >= 4 is 5.69 Å². The highest BCUT2D eigenvalue weighted by Gasteiger charge is 2.16. The van der Waals surface area contributed by atoms with Gasteiger partial charge in [-0.25, -0.2) is 4.39 Å². The Morgan fingerprint density at radius 2 is 2.10 bits per heavy atom. The molecule has 5 heteroatoms. The molecular weight excluding hydrogens is 257 g/mol. The first-order chi connectivity index (χ1) is 9.55. The molecule has 0 saturated heterocycles. The predicted octanol–water partition coefficient (Wildman–Crippen LogP) is 2.46. The second-order valence-corrected chi connectivity index (χ2v) is 4.79. The monoisotopic (exact) mass is 277 g/mol. The molecule has 0 spiro atoms. The van der Waals surface area contributed by atoms with Crippen LogP contribution in [0.3, 0.4) is 0 Å². The molecule has 108 valence electrons. The van der Waals surface area contributed by atoms with E-state index >= 15 is 0 Å². The summed E-state index contributed by atoms with van der Waals surface area (Å²) in [6.45, 7) is 4.77. The van der Waals surface area contributed by atoms with Gasteiger partial charge in [0.25, 0.3) is 0 Å². The number of aryl methyl sites for hydroxylation is 2. The SMILES string of the molecule is CCc1cc(CC(O)c2cc(F)ccc2N)n(CC)n1. The Balaban J connectivity index is 2.24. The third-order valence-electron chi connectivity index (χ3n) is 3.39. The van der Waals surface area contributed by atoms with Crippen molar-refractivity contribution in [3.8, 4) is 0 Å². The average Bonchev–Trinajstić information content (AvgIpc) is 2.83. The molecule has 0 bridgehead atoms. The van der Waals surface area contributed by atoms with E-state index in [1.807, 2.05) is 24.6 Å². The first kappa shape index (κ1) is 14.5. The molecule has 1 atom stereocenters. The predicted molar refractivity (Wildman–Crippen MR) is 76.8 cm³/mol. The molecule has 0 radical (unpaired) electrons. The Morgan fingerprint density at radius 1 is 1.35 bits per heavy atom. The second-order valence-electron chi connectivity index (χ2n) is 4.79. The maximum atomic E-state index is 13.3. The molecule has 0 amide bonds. The number of aliphatic hydroxyl groups excluding tert-OH is 1. The van der Waals surface area contributed by atoms with Gasteiger partial charge in [-0.2, -0.15) is 5.10 Å². The number of rotatable bonds is 5. The van der Waals surface area contributed by atoms with Crippen molar-refractivity contribution in [1.29, 1.82) is 0 Å². The summed E-state index contributed by atoms with van der Waals surface area (Å²) in [7, 11) is 0. The van der Waals surface area contributed by atoms with Gasteiger partial charge in [-0.05, 0) is 37.6 Å². The van der Waals surface area contributed by atoms with E-state index in [9.17, 15) is 9.50 Å². The molecule has 20 heavy (non-hydrogen) atoms. The Kier molecular flexibility index (Phi) is 4.39. The van der Waals surface area contributed by atoms with Gasteiger partial charge in [0.2, 0.25) is 0 Å². The fourth-order valence-electron chi connectivity index (χ4n) is 2.27. The summed E-state index contributed by atoms with van der Waals surface area (Å²) in [6.07, 6.45) is 0.379. The van der Waals surface area contributed by atoms with Crippen LogP contribution in [0.4, 0.5) is 10.1 Å². The van der Waals surface area contributed by atoms with Gasteiger partial charge in [0, 0.05) is 29.9 Å². The van der Waals surface area contributed by atoms with Crippen LogP contribution in [0.15, 0.2) is 24.3 Å². The fourth-order valence-corrected chi connectivity index (χ4v) is 2.27. The van der Waals surface area contributed by atoms with Crippen LogP contribution in [0.5, 0.6) is 0 Å². The summed E-state index contributed by atoms with van der Waals surface area (Å²) in [6, 6.07) is 6.02. The van der Waals surface area contributed by atoms with Gasteiger partial charge >= 0.3 is 0 Å². The van der Waals surface area contributed by atoms with Crippen molar-refractivity contribution in [1.82, 2.24) is 9.78 Å². The number of hydrogen-bond acceptors (Lipinski definition) is 3. The van der Waals surface area contributed by atoms with Gasteiger partial charge in [-0.3, -0.25) is 4.68 Å². The Labute approximate surface area is 118 Å². The number of hydrogen-bond donors (Lipinski definition) is 2. The molecule has 1 aromatic carbocycles. The van der Waals surface area contributed by atoms with E-state index in [1.165, 1.54) is 18.2 Å². The maximum Gasteiger partial charge on any atom is 0.123 e. The van der Waals surface area contributed by atoms with Crippen LogP contribution in [0, 0.1) is 5.82 Å². The zero-order valence-corrected chi connectivity index (χ0v) is 11.8. The van der Waals surface area contributed by atoms with Crippen molar-refractivity contribution in [2.24, 2.45) is 0 Å². The molecule has 4 nitrogen and oxygen atoms in total. The number of aromatic nitrogens is 2. The molecule has 0 aliphatic rings. The van der Waals surface area contributed by atoms with Crippen LogP contribution in [0.25, 0.3) is 0 Å². The van der Waals surface area contributed by atoms with Crippen LogP contribution in [-0.2, 0) is 19.4 Å². The normalized spacial score (nSPS) is 12.6. The molecule has 0 aliphatic heterocycles. The average molecular weight is 277 g/mol. The Morgan fingerprint density at radius 3 is 2.75 bits per heavy atom. The summed E-state index contributed by atoms with van der Waals surface area (Å²) >= 11 is 0. The lowest BCUT2D eigenvalue weighted by Crippen LogP contribution is -2.10. The quantitative estimate of drug-likeness (QED) is 0.825. The van der Waals surface area contributed by atoms with Gasteiger partial charge in [0.15, 0.2) is 0 Å². The van der Waals surface area contributed by atoms with Gasteiger partial charge in [-0.15, -0.1) is 0 Å². The zero-order chi connectivity index (χ0) is 14.7. The van der Waals surface area contributed by atoms with Gasteiger partial charge in [0.05, 0.1) is 11.8 Å². The zero-order valence-electron chi connectivity index (χ0n) is 11.8. The van der Waals surface area contributed by atoms with Crippen LogP contribution in [-0.4, -0.2) is 14.9 Å². The van der Waals surface area contributed by atoms with Gasteiger partial charge < -0.3 is 10.8 Å². The molecule has 2 aromatic rings. The van der Waals surface area contributed by atoms with E-state index in [-0.39, 0.29) is 0 Å².